The molecule has 0 radical (unpaired) electrons. The number of carbonyl (C=O) groups is 1. The standard InChI is InChI=1S/C14H15N3O4S/c1-10-3-6-12(7-4-10)22(20,21)16-14(19)15-11-5-8-13(18)17(2)9-11/h3-9H,1-2H3,(H2,15,16,19). The average molecular weight is 321 g/mol. The summed E-state index contributed by atoms with van der Waals surface area (Å²) in [7, 11) is -2.42. The van der Waals surface area contributed by atoms with Gasteiger partial charge >= 0.3 is 6.03 Å². The second-order valence-corrected chi connectivity index (χ2v) is 6.42. The molecule has 1 aromatic carbocycles. The number of rotatable bonds is 3. The third-order valence-electron chi connectivity index (χ3n) is 2.90. The van der Waals surface area contributed by atoms with E-state index >= 15 is 0 Å². The van der Waals surface area contributed by atoms with Crippen LogP contribution in [0.25, 0.3) is 0 Å². The number of urea groups is 1. The molecule has 2 aromatic rings. The van der Waals surface area contributed by atoms with Crippen LogP contribution in [0.5, 0.6) is 0 Å². The summed E-state index contributed by atoms with van der Waals surface area (Å²) in [5, 5.41) is 2.36. The molecule has 0 aliphatic rings. The van der Waals surface area contributed by atoms with Crippen LogP contribution in [0.15, 0.2) is 52.3 Å². The number of anilines is 1. The summed E-state index contributed by atoms with van der Waals surface area (Å²) >= 11 is 0. The normalized spacial score (nSPS) is 11.0. The number of hydrogen-bond acceptors (Lipinski definition) is 4. The maximum absolute atomic E-state index is 12.0. The van der Waals surface area contributed by atoms with Gasteiger partial charge in [0.1, 0.15) is 0 Å². The van der Waals surface area contributed by atoms with Crippen molar-refractivity contribution in [1.82, 2.24) is 9.29 Å². The summed E-state index contributed by atoms with van der Waals surface area (Å²) in [6, 6.07) is 7.86. The van der Waals surface area contributed by atoms with Gasteiger partial charge in [0.15, 0.2) is 0 Å². The first-order valence-electron chi connectivity index (χ1n) is 6.35. The summed E-state index contributed by atoms with van der Waals surface area (Å²) in [6.07, 6.45) is 1.39. The third kappa shape index (κ3) is 3.73. The van der Waals surface area contributed by atoms with E-state index in [1.165, 1.54) is 42.1 Å². The van der Waals surface area contributed by atoms with Crippen LogP contribution in [0.1, 0.15) is 5.56 Å². The molecule has 0 unspecified atom stereocenters. The van der Waals surface area contributed by atoms with Crippen LogP contribution in [0.4, 0.5) is 10.5 Å². The smallest absolute Gasteiger partial charge is 0.317 e. The van der Waals surface area contributed by atoms with E-state index in [2.05, 4.69) is 5.32 Å². The Morgan fingerprint density at radius 2 is 1.73 bits per heavy atom. The molecule has 0 bridgehead atoms. The van der Waals surface area contributed by atoms with Gasteiger partial charge in [-0.2, -0.15) is 0 Å². The minimum Gasteiger partial charge on any atom is -0.317 e. The Labute approximate surface area is 127 Å². The number of nitrogens with zero attached hydrogens (tertiary/aromatic N) is 1. The number of hydrogen-bond donors (Lipinski definition) is 2. The monoisotopic (exact) mass is 321 g/mol. The molecule has 0 saturated carbocycles. The first-order valence-corrected chi connectivity index (χ1v) is 7.83. The van der Waals surface area contributed by atoms with Crippen molar-refractivity contribution in [3.05, 3.63) is 58.5 Å². The number of sulfonamides is 1. The van der Waals surface area contributed by atoms with Gasteiger partial charge in [-0.1, -0.05) is 17.7 Å². The van der Waals surface area contributed by atoms with Crippen molar-refractivity contribution in [3.8, 4) is 0 Å². The number of benzene rings is 1. The molecule has 0 saturated heterocycles. The quantitative estimate of drug-likeness (QED) is 0.887. The van der Waals surface area contributed by atoms with Gasteiger partial charge in [0.05, 0.1) is 10.6 Å². The summed E-state index contributed by atoms with van der Waals surface area (Å²) in [4.78, 5) is 23.0. The van der Waals surface area contributed by atoms with E-state index in [4.69, 9.17) is 0 Å². The zero-order valence-electron chi connectivity index (χ0n) is 12.0. The van der Waals surface area contributed by atoms with Crippen molar-refractivity contribution >= 4 is 21.7 Å². The Morgan fingerprint density at radius 3 is 2.32 bits per heavy atom. The molecule has 8 heteroatoms. The molecule has 2 rings (SSSR count). The van der Waals surface area contributed by atoms with Gasteiger partial charge in [-0.3, -0.25) is 4.79 Å². The van der Waals surface area contributed by atoms with Crippen LogP contribution in [0.3, 0.4) is 0 Å². The molecule has 1 heterocycles. The molecule has 2 amide bonds. The van der Waals surface area contributed by atoms with Gasteiger partial charge in [-0.15, -0.1) is 0 Å². The number of amides is 2. The maximum Gasteiger partial charge on any atom is 0.333 e. The molecule has 116 valence electrons. The zero-order chi connectivity index (χ0) is 16.3. The fourth-order valence-electron chi connectivity index (χ4n) is 1.72. The summed E-state index contributed by atoms with van der Waals surface area (Å²) in [6.45, 7) is 1.83. The van der Waals surface area contributed by atoms with Crippen LogP contribution in [0, 0.1) is 6.92 Å². The van der Waals surface area contributed by atoms with Gasteiger partial charge in [0.2, 0.25) is 5.56 Å². The van der Waals surface area contributed by atoms with Crippen molar-refractivity contribution in [3.63, 3.8) is 0 Å². The number of pyridine rings is 1. The molecule has 22 heavy (non-hydrogen) atoms. The average Bonchev–Trinajstić information content (AvgIpc) is 2.42. The van der Waals surface area contributed by atoms with Crippen molar-refractivity contribution in [1.29, 1.82) is 0 Å². The predicted molar refractivity (Wildman–Crippen MR) is 82.2 cm³/mol. The highest BCUT2D eigenvalue weighted by molar-refractivity contribution is 7.90. The molecule has 2 N–H and O–H groups in total. The molecule has 0 atom stereocenters. The molecule has 0 aliphatic carbocycles. The summed E-state index contributed by atoms with van der Waals surface area (Å²) in [5.74, 6) is 0. The van der Waals surface area contributed by atoms with Crippen molar-refractivity contribution < 1.29 is 13.2 Å². The minimum absolute atomic E-state index is 0.00582. The fourth-order valence-corrected chi connectivity index (χ4v) is 2.63. The maximum atomic E-state index is 12.0. The number of aromatic nitrogens is 1. The second kappa shape index (κ2) is 6.02. The summed E-state index contributed by atoms with van der Waals surface area (Å²) < 4.78 is 27.3. The lowest BCUT2D eigenvalue weighted by Crippen LogP contribution is -2.34. The largest absolute Gasteiger partial charge is 0.333 e. The van der Waals surface area contributed by atoms with Gasteiger partial charge in [0.25, 0.3) is 10.0 Å². The molecule has 0 aliphatic heterocycles. The highest BCUT2D eigenvalue weighted by Gasteiger charge is 2.17. The van der Waals surface area contributed by atoms with Crippen LogP contribution in [-0.4, -0.2) is 19.0 Å². The Hall–Kier alpha value is -2.61. The predicted octanol–water partition coefficient (Wildman–Crippen LogP) is 1.20. The minimum atomic E-state index is -3.95. The lowest BCUT2D eigenvalue weighted by atomic mass is 10.2. The highest BCUT2D eigenvalue weighted by Crippen LogP contribution is 2.10. The Bertz CT molecular complexity index is 854. The fraction of sp³-hybridized carbons (Fsp3) is 0.143. The number of nitrogens with one attached hydrogen (secondary N) is 2. The van der Waals surface area contributed by atoms with E-state index in [0.29, 0.717) is 5.69 Å². The molecule has 1 aromatic heterocycles. The van der Waals surface area contributed by atoms with Gasteiger partial charge in [-0.25, -0.2) is 17.9 Å². The first kappa shape index (κ1) is 15.8. The first-order chi connectivity index (χ1) is 10.3. The van der Waals surface area contributed by atoms with Crippen LogP contribution in [-0.2, 0) is 17.1 Å². The van der Waals surface area contributed by atoms with Crippen LogP contribution >= 0.6 is 0 Å². The van der Waals surface area contributed by atoms with Crippen molar-refractivity contribution in [2.75, 3.05) is 5.32 Å². The van der Waals surface area contributed by atoms with Gasteiger partial charge in [-0.05, 0) is 25.1 Å². The lowest BCUT2D eigenvalue weighted by molar-refractivity contribution is 0.256. The third-order valence-corrected chi connectivity index (χ3v) is 4.25. The molecule has 0 spiro atoms. The van der Waals surface area contributed by atoms with E-state index in [9.17, 15) is 18.0 Å². The van der Waals surface area contributed by atoms with E-state index in [0.717, 1.165) is 5.56 Å². The zero-order valence-corrected chi connectivity index (χ0v) is 12.8. The van der Waals surface area contributed by atoms with E-state index in [1.54, 1.807) is 12.1 Å². The molecular weight excluding hydrogens is 306 g/mol. The second-order valence-electron chi connectivity index (χ2n) is 4.74. The van der Waals surface area contributed by atoms with Gasteiger partial charge in [0, 0.05) is 19.3 Å². The lowest BCUT2D eigenvalue weighted by Gasteiger charge is -2.09. The topological polar surface area (TPSA) is 97.3 Å². The van der Waals surface area contributed by atoms with E-state index in [-0.39, 0.29) is 10.5 Å². The molecular formula is C14H15N3O4S. The van der Waals surface area contributed by atoms with E-state index in [1.807, 2.05) is 11.6 Å². The Balaban J connectivity index is 2.12. The Morgan fingerprint density at radius 1 is 1.09 bits per heavy atom. The summed E-state index contributed by atoms with van der Waals surface area (Å²) in [5.41, 5.74) is 0.977. The number of aryl methyl sites for hydroxylation is 2. The van der Waals surface area contributed by atoms with Crippen LogP contribution < -0.4 is 15.6 Å². The molecule has 7 nitrogen and oxygen atoms in total. The van der Waals surface area contributed by atoms with Crippen LogP contribution in [0.2, 0.25) is 0 Å². The van der Waals surface area contributed by atoms with Crippen molar-refractivity contribution in [2.24, 2.45) is 7.05 Å². The molecule has 0 fully saturated rings. The SMILES string of the molecule is Cc1ccc(S(=O)(=O)NC(=O)Nc2ccc(=O)n(C)c2)cc1. The van der Waals surface area contributed by atoms with E-state index < -0.39 is 16.1 Å². The highest BCUT2D eigenvalue weighted by atomic mass is 32.2. The number of carbonyl (C=O) groups excluding carboxylic acids is 1. The van der Waals surface area contributed by atoms with Crippen molar-refractivity contribution in [2.45, 2.75) is 11.8 Å². The van der Waals surface area contributed by atoms with Gasteiger partial charge < -0.3 is 9.88 Å². The Kier molecular flexibility index (Phi) is 4.32.